The van der Waals surface area contributed by atoms with Gasteiger partial charge in [-0.3, -0.25) is 5.73 Å². The highest BCUT2D eigenvalue weighted by Crippen LogP contribution is 2.28. The molecule has 30 heavy (non-hydrogen) atoms. The molecule has 1 saturated heterocycles. The van der Waals surface area contributed by atoms with Crippen LogP contribution < -0.4 is 5.73 Å². The molecule has 1 aliphatic heterocycles. The van der Waals surface area contributed by atoms with Crippen LogP contribution in [0.25, 0.3) is 33.8 Å². The Morgan fingerprint density at radius 2 is 1.70 bits per heavy atom. The minimum atomic E-state index is -3.46. The maximum Gasteiger partial charge on any atom is 0.243 e. The molecule has 1 fully saturated rings. The van der Waals surface area contributed by atoms with Gasteiger partial charge in [-0.1, -0.05) is 24.3 Å². The van der Waals surface area contributed by atoms with Crippen LogP contribution in [0, 0.1) is 0 Å². The first kappa shape index (κ1) is 18.7. The van der Waals surface area contributed by atoms with Crippen molar-refractivity contribution in [1.82, 2.24) is 30.0 Å². The summed E-state index contributed by atoms with van der Waals surface area (Å²) in [6.07, 6.45) is 3.31. The molecule has 0 saturated carbocycles. The summed E-state index contributed by atoms with van der Waals surface area (Å²) in [5, 5.41) is 0. The number of hydrogen-bond acceptors (Lipinski definition) is 5. The van der Waals surface area contributed by atoms with Gasteiger partial charge in [-0.25, -0.2) is 23.4 Å². The number of nitrogens with one attached hydrogen (secondary N) is 2. The summed E-state index contributed by atoms with van der Waals surface area (Å²) in [5.74, 6) is 0.495. The van der Waals surface area contributed by atoms with Crippen molar-refractivity contribution in [2.75, 3.05) is 13.1 Å². The highest BCUT2D eigenvalue weighted by atomic mass is 32.2. The Labute approximate surface area is 173 Å². The predicted octanol–water partition coefficient (Wildman–Crippen LogP) is 3.39. The molecular weight excluding hydrogens is 400 g/mol. The van der Waals surface area contributed by atoms with Gasteiger partial charge in [0.05, 0.1) is 27.8 Å². The Bertz CT molecular complexity index is 1290. The van der Waals surface area contributed by atoms with Crippen LogP contribution in [0.3, 0.4) is 0 Å². The van der Waals surface area contributed by atoms with Crippen LogP contribution >= 0.6 is 0 Å². The zero-order valence-corrected chi connectivity index (χ0v) is 16.9. The quantitative estimate of drug-likeness (QED) is 0.544. The fourth-order valence-electron chi connectivity index (χ4n) is 3.63. The van der Waals surface area contributed by atoms with E-state index in [-0.39, 0.29) is 10.7 Å². The number of fused-ring (bicyclic) bond motifs is 1. The molecule has 0 aliphatic carbocycles. The van der Waals surface area contributed by atoms with Gasteiger partial charge in [0.1, 0.15) is 0 Å². The predicted molar refractivity (Wildman–Crippen MR) is 113 cm³/mol. The molecular formula is C21H19N6O2S. The highest BCUT2D eigenvalue weighted by Gasteiger charge is 2.27. The van der Waals surface area contributed by atoms with E-state index in [4.69, 9.17) is 5.73 Å². The standard InChI is InChI=1S/C21H19N6O2S/c22-20-19(21-25-16-5-1-2-6-17(16)26-21)24-18(13-23-20)14-7-9-15(10-8-14)30(28,29)27-11-3-4-12-27/h1-2,5-10,13,22H,3-4,11-12H2,(H,25,26). The number of imidazole rings is 1. The Morgan fingerprint density at radius 3 is 2.43 bits per heavy atom. The normalized spacial score (nSPS) is 15.1. The van der Waals surface area contributed by atoms with Crippen molar-refractivity contribution in [3.8, 4) is 22.8 Å². The highest BCUT2D eigenvalue weighted by molar-refractivity contribution is 7.89. The maximum atomic E-state index is 12.7. The average molecular weight is 419 g/mol. The number of benzene rings is 2. The number of aromatic nitrogens is 4. The van der Waals surface area contributed by atoms with E-state index in [1.54, 1.807) is 24.3 Å². The number of rotatable bonds is 4. The lowest BCUT2D eigenvalue weighted by Gasteiger charge is -2.15. The van der Waals surface area contributed by atoms with E-state index in [9.17, 15) is 8.42 Å². The van der Waals surface area contributed by atoms with Gasteiger partial charge in [0.2, 0.25) is 10.0 Å². The van der Waals surface area contributed by atoms with Crippen LogP contribution in [0.5, 0.6) is 0 Å². The van der Waals surface area contributed by atoms with Gasteiger partial charge in [-0.15, -0.1) is 0 Å². The van der Waals surface area contributed by atoms with Crippen molar-refractivity contribution in [2.24, 2.45) is 0 Å². The summed E-state index contributed by atoms with van der Waals surface area (Å²) >= 11 is 0. The second-order valence-corrected chi connectivity index (χ2v) is 9.13. The van der Waals surface area contributed by atoms with Crippen molar-refractivity contribution in [1.29, 1.82) is 0 Å². The second kappa shape index (κ2) is 7.19. The number of sulfonamides is 1. The molecule has 151 valence electrons. The molecule has 2 N–H and O–H groups in total. The number of nitrogens with zero attached hydrogens (tertiary/aromatic N) is 4. The van der Waals surface area contributed by atoms with Gasteiger partial charge in [0.25, 0.3) is 0 Å². The summed E-state index contributed by atoms with van der Waals surface area (Å²) in [5.41, 5.74) is 11.4. The summed E-state index contributed by atoms with van der Waals surface area (Å²) in [7, 11) is -3.46. The van der Waals surface area contributed by atoms with Crippen molar-refractivity contribution in [3.63, 3.8) is 0 Å². The molecule has 1 aliphatic rings. The molecule has 0 bridgehead atoms. The SMILES string of the molecule is [NH]c1ncc(-c2ccc(S(=O)(=O)N3CCCC3)cc2)nc1-c1nc2ccccc2[nH]1. The molecule has 0 spiro atoms. The van der Waals surface area contributed by atoms with Crippen LogP contribution in [-0.2, 0) is 10.0 Å². The van der Waals surface area contributed by atoms with Crippen LogP contribution in [0.4, 0.5) is 5.82 Å². The first-order valence-corrected chi connectivity index (χ1v) is 11.1. The summed E-state index contributed by atoms with van der Waals surface area (Å²) in [4.78, 5) is 16.7. The molecule has 4 aromatic rings. The molecule has 2 aromatic carbocycles. The van der Waals surface area contributed by atoms with Crippen molar-refractivity contribution >= 4 is 26.9 Å². The topological polar surface area (TPSA) is 116 Å². The van der Waals surface area contributed by atoms with E-state index in [1.807, 2.05) is 24.3 Å². The molecule has 5 rings (SSSR count). The van der Waals surface area contributed by atoms with Crippen LogP contribution in [-0.4, -0.2) is 45.7 Å². The van der Waals surface area contributed by atoms with Crippen molar-refractivity contribution < 1.29 is 8.42 Å². The Morgan fingerprint density at radius 1 is 0.967 bits per heavy atom. The van der Waals surface area contributed by atoms with E-state index in [1.165, 1.54) is 10.5 Å². The van der Waals surface area contributed by atoms with Gasteiger partial charge in [0.15, 0.2) is 17.3 Å². The Hall–Kier alpha value is -3.30. The summed E-state index contributed by atoms with van der Waals surface area (Å²) in [6.45, 7) is 1.14. The maximum absolute atomic E-state index is 12.7. The Kier molecular flexibility index (Phi) is 4.48. The minimum absolute atomic E-state index is 0.0195. The molecule has 8 nitrogen and oxygen atoms in total. The minimum Gasteiger partial charge on any atom is -0.337 e. The van der Waals surface area contributed by atoms with E-state index in [0.717, 1.165) is 29.4 Å². The lowest BCUT2D eigenvalue weighted by Crippen LogP contribution is -2.27. The largest absolute Gasteiger partial charge is 0.337 e. The lowest BCUT2D eigenvalue weighted by molar-refractivity contribution is 0.477. The van der Waals surface area contributed by atoms with E-state index in [2.05, 4.69) is 19.9 Å². The number of para-hydroxylation sites is 2. The molecule has 3 heterocycles. The number of aromatic amines is 1. The first-order valence-electron chi connectivity index (χ1n) is 9.67. The molecule has 1 radical (unpaired) electrons. The average Bonchev–Trinajstić information content (AvgIpc) is 3.44. The number of H-pyrrole nitrogens is 1. The van der Waals surface area contributed by atoms with Gasteiger partial charge in [0, 0.05) is 18.7 Å². The fourth-order valence-corrected chi connectivity index (χ4v) is 5.15. The summed E-state index contributed by atoms with van der Waals surface area (Å²) < 4.78 is 26.9. The van der Waals surface area contributed by atoms with E-state index < -0.39 is 10.0 Å². The zero-order valence-electron chi connectivity index (χ0n) is 16.0. The fraction of sp³-hybridized carbons (Fsp3) is 0.190. The van der Waals surface area contributed by atoms with Crippen molar-refractivity contribution in [2.45, 2.75) is 17.7 Å². The molecule has 0 unspecified atom stereocenters. The van der Waals surface area contributed by atoms with Gasteiger partial charge in [-0.2, -0.15) is 4.31 Å². The number of hydrogen-bond donors (Lipinski definition) is 1. The molecule has 0 amide bonds. The third-order valence-corrected chi connectivity index (χ3v) is 7.15. The first-order chi connectivity index (χ1) is 14.5. The lowest BCUT2D eigenvalue weighted by atomic mass is 10.1. The smallest absolute Gasteiger partial charge is 0.243 e. The van der Waals surface area contributed by atoms with Crippen LogP contribution in [0.15, 0.2) is 59.6 Å². The molecule has 0 atom stereocenters. The second-order valence-electron chi connectivity index (χ2n) is 7.19. The van der Waals surface area contributed by atoms with Crippen LogP contribution in [0.2, 0.25) is 0 Å². The van der Waals surface area contributed by atoms with E-state index >= 15 is 0 Å². The van der Waals surface area contributed by atoms with Crippen molar-refractivity contribution in [3.05, 3.63) is 54.7 Å². The molecule has 2 aromatic heterocycles. The van der Waals surface area contributed by atoms with Gasteiger partial charge in [-0.05, 0) is 37.1 Å². The third-order valence-electron chi connectivity index (χ3n) is 5.24. The Balaban J connectivity index is 1.49. The van der Waals surface area contributed by atoms with Gasteiger partial charge >= 0.3 is 0 Å². The summed E-state index contributed by atoms with van der Waals surface area (Å²) in [6, 6.07) is 14.2. The van der Waals surface area contributed by atoms with Crippen LogP contribution in [0.1, 0.15) is 12.8 Å². The monoisotopic (exact) mass is 419 g/mol. The van der Waals surface area contributed by atoms with E-state index in [0.29, 0.717) is 30.3 Å². The third kappa shape index (κ3) is 3.21. The zero-order chi connectivity index (χ0) is 20.7. The molecule has 9 heteroatoms. The van der Waals surface area contributed by atoms with Gasteiger partial charge < -0.3 is 4.98 Å².